The number of carbonyl (C=O) groups is 1. The number of nitro benzene ring substituents is 1. The second-order valence-corrected chi connectivity index (χ2v) is 12.3. The number of benzene rings is 4. The number of rotatable bonds is 8. The summed E-state index contributed by atoms with van der Waals surface area (Å²) in [6.07, 6.45) is 3.85. The second kappa shape index (κ2) is 12.6. The highest BCUT2D eigenvalue weighted by molar-refractivity contribution is 7.07. The van der Waals surface area contributed by atoms with Crippen molar-refractivity contribution in [2.75, 3.05) is 12.4 Å². The van der Waals surface area contributed by atoms with Crippen molar-refractivity contribution in [3.63, 3.8) is 0 Å². The van der Waals surface area contributed by atoms with Gasteiger partial charge in [0.25, 0.3) is 17.2 Å². The maximum absolute atomic E-state index is 14.3. The third-order valence-electron chi connectivity index (χ3n) is 8.31. The molecule has 48 heavy (non-hydrogen) atoms. The standard InChI is InChI=1S/C37H29N5O5S/c1-23-33(35(43)39-27-10-4-3-5-11-27)34(25-9-8-12-29(19-25)47-2)41-36(44)32(48-37(41)38-23)20-26-22-40(31-14-7-6-13-30(26)31)21-24-15-17-28(18-16-24)42(45)46/h3-20,22,34H,21H2,1-2H3,(H,39,43)/b32-20-/t34-/m1/s1. The van der Waals surface area contributed by atoms with Gasteiger partial charge in [0.15, 0.2) is 4.80 Å². The van der Waals surface area contributed by atoms with Crippen LogP contribution in [0.5, 0.6) is 5.75 Å². The zero-order valence-corrected chi connectivity index (χ0v) is 26.8. The van der Waals surface area contributed by atoms with E-state index in [1.54, 1.807) is 30.7 Å². The normalized spacial score (nSPS) is 14.5. The zero-order valence-electron chi connectivity index (χ0n) is 26.0. The van der Waals surface area contributed by atoms with Gasteiger partial charge in [-0.3, -0.25) is 24.3 Å². The van der Waals surface area contributed by atoms with E-state index in [0.29, 0.717) is 44.1 Å². The number of hydrogen-bond donors (Lipinski definition) is 1. The third-order valence-corrected chi connectivity index (χ3v) is 9.30. The molecule has 0 saturated carbocycles. The van der Waals surface area contributed by atoms with Gasteiger partial charge in [-0.25, -0.2) is 4.99 Å². The lowest BCUT2D eigenvalue weighted by atomic mass is 9.95. The Labute approximate surface area is 278 Å². The predicted octanol–water partition coefficient (Wildman–Crippen LogP) is 5.79. The van der Waals surface area contributed by atoms with E-state index in [1.807, 2.05) is 91.1 Å². The molecule has 4 aromatic carbocycles. The summed E-state index contributed by atoms with van der Waals surface area (Å²) in [7, 11) is 1.58. The Hall–Kier alpha value is -6.07. The molecule has 1 N–H and O–H groups in total. The Morgan fingerprint density at radius 2 is 1.77 bits per heavy atom. The maximum Gasteiger partial charge on any atom is 0.271 e. The first-order chi connectivity index (χ1) is 23.3. The van der Waals surface area contributed by atoms with Gasteiger partial charge < -0.3 is 14.6 Å². The summed E-state index contributed by atoms with van der Waals surface area (Å²) in [5.74, 6) is 0.256. The smallest absolute Gasteiger partial charge is 0.271 e. The van der Waals surface area contributed by atoms with Crippen LogP contribution in [0.15, 0.2) is 130 Å². The van der Waals surface area contributed by atoms with E-state index in [4.69, 9.17) is 9.73 Å². The molecule has 0 saturated heterocycles. The number of aromatic nitrogens is 2. The van der Waals surface area contributed by atoms with E-state index in [1.165, 1.54) is 23.5 Å². The Morgan fingerprint density at radius 3 is 2.52 bits per heavy atom. The van der Waals surface area contributed by atoms with E-state index >= 15 is 0 Å². The minimum absolute atomic E-state index is 0.0374. The molecule has 11 heteroatoms. The molecule has 7 rings (SSSR count). The number of anilines is 1. The van der Waals surface area contributed by atoms with Crippen molar-refractivity contribution in [2.24, 2.45) is 4.99 Å². The van der Waals surface area contributed by atoms with Crippen LogP contribution < -0.4 is 24.9 Å². The Morgan fingerprint density at radius 1 is 1.02 bits per heavy atom. The topological polar surface area (TPSA) is 121 Å². The van der Waals surface area contributed by atoms with Gasteiger partial charge >= 0.3 is 0 Å². The largest absolute Gasteiger partial charge is 0.497 e. The number of nitrogens with zero attached hydrogens (tertiary/aromatic N) is 4. The van der Waals surface area contributed by atoms with Crippen LogP contribution in [0.3, 0.4) is 0 Å². The summed E-state index contributed by atoms with van der Waals surface area (Å²) in [5.41, 5.74) is 4.71. The molecule has 1 aliphatic rings. The third kappa shape index (κ3) is 5.71. The minimum Gasteiger partial charge on any atom is -0.497 e. The Balaban J connectivity index is 1.34. The molecule has 6 aromatic rings. The van der Waals surface area contributed by atoms with Crippen LogP contribution in [0.1, 0.15) is 29.7 Å². The van der Waals surface area contributed by atoms with Gasteiger partial charge in [-0.05, 0) is 54.5 Å². The maximum atomic E-state index is 14.3. The van der Waals surface area contributed by atoms with Crippen molar-refractivity contribution in [1.82, 2.24) is 9.13 Å². The molecule has 0 bridgehead atoms. The molecule has 1 amide bonds. The first-order valence-corrected chi connectivity index (χ1v) is 16.0. The van der Waals surface area contributed by atoms with Crippen LogP contribution in [0, 0.1) is 10.1 Å². The summed E-state index contributed by atoms with van der Waals surface area (Å²) in [4.78, 5) is 44.2. The van der Waals surface area contributed by atoms with Gasteiger partial charge in [-0.15, -0.1) is 0 Å². The van der Waals surface area contributed by atoms with E-state index in [0.717, 1.165) is 22.0 Å². The van der Waals surface area contributed by atoms with Gasteiger partial charge in [0, 0.05) is 47.0 Å². The summed E-state index contributed by atoms with van der Waals surface area (Å²) in [6.45, 7) is 2.28. The van der Waals surface area contributed by atoms with E-state index in [2.05, 4.69) is 9.88 Å². The van der Waals surface area contributed by atoms with Crippen LogP contribution in [0.4, 0.5) is 11.4 Å². The quantitative estimate of drug-likeness (QED) is 0.164. The zero-order chi connectivity index (χ0) is 33.4. The molecule has 1 aliphatic heterocycles. The molecule has 10 nitrogen and oxygen atoms in total. The first kappa shape index (κ1) is 30.6. The number of ether oxygens (including phenoxy) is 1. The van der Waals surface area contributed by atoms with Gasteiger partial charge in [0.2, 0.25) is 0 Å². The highest BCUT2D eigenvalue weighted by atomic mass is 32.1. The summed E-state index contributed by atoms with van der Waals surface area (Å²) >= 11 is 1.27. The molecular formula is C37H29N5O5S. The van der Waals surface area contributed by atoms with Crippen molar-refractivity contribution in [2.45, 2.75) is 19.5 Å². The Kier molecular flexibility index (Phi) is 8.03. The summed E-state index contributed by atoms with van der Waals surface area (Å²) < 4.78 is 9.63. The molecule has 0 fully saturated rings. The van der Waals surface area contributed by atoms with Crippen LogP contribution in [-0.4, -0.2) is 27.1 Å². The lowest BCUT2D eigenvalue weighted by Crippen LogP contribution is -2.40. The number of allylic oxidation sites excluding steroid dienone is 1. The second-order valence-electron chi connectivity index (χ2n) is 11.3. The lowest BCUT2D eigenvalue weighted by molar-refractivity contribution is -0.384. The van der Waals surface area contributed by atoms with Crippen molar-refractivity contribution in [3.05, 3.63) is 167 Å². The average molecular weight is 656 g/mol. The SMILES string of the molecule is COc1cccc([C@@H]2C(C(=O)Nc3ccccc3)=C(C)N=c3s/c(=C\c4cn(Cc5ccc([N+](=O)[O-])cc5)c5ccccc45)c(=O)n32)c1. The van der Waals surface area contributed by atoms with E-state index in [-0.39, 0.29) is 17.2 Å². The predicted molar refractivity (Wildman–Crippen MR) is 186 cm³/mol. The monoisotopic (exact) mass is 655 g/mol. The number of hydrogen-bond acceptors (Lipinski definition) is 7. The number of para-hydroxylation sites is 2. The number of nitro groups is 1. The van der Waals surface area contributed by atoms with E-state index < -0.39 is 11.0 Å². The lowest BCUT2D eigenvalue weighted by Gasteiger charge is -2.25. The van der Waals surface area contributed by atoms with Crippen LogP contribution in [-0.2, 0) is 11.3 Å². The molecular weight excluding hydrogens is 627 g/mol. The average Bonchev–Trinajstić information content (AvgIpc) is 3.60. The molecule has 0 radical (unpaired) electrons. The number of carbonyl (C=O) groups excluding carboxylic acids is 1. The number of nitrogens with one attached hydrogen (secondary N) is 1. The minimum atomic E-state index is -0.745. The molecule has 0 spiro atoms. The van der Waals surface area contributed by atoms with Crippen LogP contribution >= 0.6 is 11.3 Å². The number of fused-ring (bicyclic) bond motifs is 2. The highest BCUT2D eigenvalue weighted by Gasteiger charge is 2.33. The number of methoxy groups -OCH3 is 1. The number of amides is 1. The van der Waals surface area contributed by atoms with Gasteiger partial charge in [-0.1, -0.05) is 72.0 Å². The van der Waals surface area contributed by atoms with E-state index in [9.17, 15) is 19.7 Å². The van der Waals surface area contributed by atoms with Gasteiger partial charge in [-0.2, -0.15) is 0 Å². The fourth-order valence-corrected chi connectivity index (χ4v) is 7.08. The Bertz CT molecular complexity index is 2420. The molecule has 2 aromatic heterocycles. The van der Waals surface area contributed by atoms with Crippen molar-refractivity contribution >= 4 is 45.6 Å². The summed E-state index contributed by atoms with van der Waals surface area (Å²) in [6, 6.07) is 30.2. The molecule has 3 heterocycles. The fourth-order valence-electron chi connectivity index (χ4n) is 6.04. The molecule has 0 unspecified atom stereocenters. The van der Waals surface area contributed by atoms with Crippen molar-refractivity contribution in [3.8, 4) is 5.75 Å². The fraction of sp³-hybridized carbons (Fsp3) is 0.108. The van der Waals surface area contributed by atoms with Crippen LogP contribution in [0.2, 0.25) is 0 Å². The highest BCUT2D eigenvalue weighted by Crippen LogP contribution is 2.32. The van der Waals surface area contributed by atoms with Gasteiger partial charge in [0.05, 0.1) is 33.9 Å². The summed E-state index contributed by atoms with van der Waals surface area (Å²) in [5, 5.41) is 15.1. The molecule has 0 aliphatic carbocycles. The first-order valence-electron chi connectivity index (χ1n) is 15.1. The molecule has 1 atom stereocenters. The van der Waals surface area contributed by atoms with Gasteiger partial charge in [0.1, 0.15) is 5.75 Å². The molecule has 238 valence electrons. The number of thiazole rings is 1. The van der Waals surface area contributed by atoms with Crippen LogP contribution in [0.25, 0.3) is 17.0 Å². The number of non-ortho nitro benzene ring substituents is 1. The van der Waals surface area contributed by atoms with Crippen molar-refractivity contribution < 1.29 is 14.5 Å². The van der Waals surface area contributed by atoms with Crippen molar-refractivity contribution in [1.29, 1.82) is 0 Å².